The van der Waals surface area contributed by atoms with Gasteiger partial charge in [0, 0.05) is 28.4 Å². The lowest BCUT2D eigenvalue weighted by Gasteiger charge is -2.11. The first kappa shape index (κ1) is 16.4. The van der Waals surface area contributed by atoms with E-state index in [1.165, 1.54) is 5.41 Å². The lowest BCUT2D eigenvalue weighted by Crippen LogP contribution is -1.97. The third-order valence-electron chi connectivity index (χ3n) is 4.78. The maximum atomic E-state index is 12.5. The molecule has 7 heteroatoms. The fourth-order valence-corrected chi connectivity index (χ4v) is 5.68. The second-order valence-corrected chi connectivity index (χ2v) is 9.08. The molecule has 2 aromatic heterocycles. The smallest absolute Gasteiger partial charge is 0.200 e. The summed E-state index contributed by atoms with van der Waals surface area (Å²) in [7, 11) is -3.40. The summed E-state index contributed by atoms with van der Waals surface area (Å²) in [6, 6.07) is 11.5. The Morgan fingerprint density at radius 3 is 2.81 bits per heavy atom. The largest absolute Gasteiger partial charge is 0.355 e. The van der Waals surface area contributed by atoms with Gasteiger partial charge in [-0.15, -0.1) is 11.3 Å². The summed E-state index contributed by atoms with van der Waals surface area (Å²) in [5.41, 5.74) is 6.84. The molecule has 0 radical (unpaired) electrons. The molecule has 1 aliphatic heterocycles. The molecule has 3 heterocycles. The average molecular weight is 393 g/mol. The van der Waals surface area contributed by atoms with Crippen LogP contribution in [-0.4, -0.2) is 18.4 Å². The maximum Gasteiger partial charge on any atom is 0.200 e. The van der Waals surface area contributed by atoms with Crippen molar-refractivity contribution in [1.29, 1.82) is 0 Å². The minimum Gasteiger partial charge on any atom is -0.355 e. The molecule has 27 heavy (non-hydrogen) atoms. The lowest BCUT2D eigenvalue weighted by atomic mass is 10.0. The van der Waals surface area contributed by atoms with E-state index in [0.29, 0.717) is 11.3 Å². The Morgan fingerprint density at radius 1 is 1.07 bits per heavy atom. The molecular formula is C20H15N3O2S2. The van der Waals surface area contributed by atoms with Crippen LogP contribution in [0.25, 0.3) is 26.7 Å². The molecule has 0 atom stereocenters. The molecule has 1 N–H and O–H groups in total. The zero-order valence-electron chi connectivity index (χ0n) is 14.4. The van der Waals surface area contributed by atoms with Gasteiger partial charge < -0.3 is 5.32 Å². The third kappa shape index (κ3) is 2.62. The molecule has 0 unspecified atom stereocenters. The van der Waals surface area contributed by atoms with Crippen LogP contribution >= 0.6 is 11.3 Å². The standard InChI is InChI=1S/C20H15N3O2S2/c1-2-12-10-27(24,25)20-9-15-16(5-6-21-17(15)8-14(12)20)23-13-3-4-19-18(7-13)22-11-26-19/h3-11H,2H2,1H3,(H,21,23). The van der Waals surface area contributed by atoms with Gasteiger partial charge in [0.1, 0.15) is 0 Å². The number of pyridine rings is 1. The van der Waals surface area contributed by atoms with Gasteiger partial charge in [-0.1, -0.05) is 6.92 Å². The molecular weight excluding hydrogens is 378 g/mol. The van der Waals surface area contributed by atoms with Crippen molar-refractivity contribution in [1.82, 2.24) is 9.97 Å². The quantitative estimate of drug-likeness (QED) is 0.523. The summed E-state index contributed by atoms with van der Waals surface area (Å²) >= 11 is 1.60. The van der Waals surface area contributed by atoms with Gasteiger partial charge in [-0.3, -0.25) is 4.98 Å². The summed E-state index contributed by atoms with van der Waals surface area (Å²) in [6.07, 6.45) is 2.40. The molecule has 0 saturated heterocycles. The Labute approximate surface area is 160 Å². The number of sulfone groups is 1. The van der Waals surface area contributed by atoms with E-state index in [1.54, 1.807) is 23.6 Å². The van der Waals surface area contributed by atoms with Crippen molar-refractivity contribution in [3.63, 3.8) is 0 Å². The van der Waals surface area contributed by atoms with Crippen LogP contribution in [0, 0.1) is 0 Å². The Bertz CT molecular complexity index is 1350. The summed E-state index contributed by atoms with van der Waals surface area (Å²) in [5.74, 6) is 0. The molecule has 2 aromatic carbocycles. The van der Waals surface area contributed by atoms with E-state index in [2.05, 4.69) is 15.3 Å². The van der Waals surface area contributed by atoms with E-state index in [4.69, 9.17) is 0 Å². The molecule has 1 aliphatic rings. The number of rotatable bonds is 3. The Hall–Kier alpha value is -2.77. The van der Waals surface area contributed by atoms with Crippen molar-refractivity contribution >= 4 is 59.2 Å². The van der Waals surface area contributed by atoms with Crippen LogP contribution in [0.4, 0.5) is 11.4 Å². The first-order valence-electron chi connectivity index (χ1n) is 8.54. The van der Waals surface area contributed by atoms with Crippen LogP contribution < -0.4 is 5.32 Å². The van der Waals surface area contributed by atoms with E-state index in [0.717, 1.165) is 43.6 Å². The minimum atomic E-state index is -3.40. The van der Waals surface area contributed by atoms with E-state index < -0.39 is 9.84 Å². The Morgan fingerprint density at radius 2 is 1.96 bits per heavy atom. The summed E-state index contributed by atoms with van der Waals surface area (Å²) in [4.78, 5) is 9.15. The van der Waals surface area contributed by atoms with Crippen molar-refractivity contribution in [2.45, 2.75) is 18.2 Å². The highest BCUT2D eigenvalue weighted by Crippen LogP contribution is 2.39. The molecule has 0 fully saturated rings. The predicted molar refractivity (Wildman–Crippen MR) is 110 cm³/mol. The van der Waals surface area contributed by atoms with Gasteiger partial charge in [0.25, 0.3) is 0 Å². The number of nitrogens with one attached hydrogen (secondary N) is 1. The zero-order valence-corrected chi connectivity index (χ0v) is 16.1. The van der Waals surface area contributed by atoms with Gasteiger partial charge in [-0.2, -0.15) is 0 Å². The summed E-state index contributed by atoms with van der Waals surface area (Å²) in [5, 5.41) is 5.54. The average Bonchev–Trinajstić information content (AvgIpc) is 3.22. The molecule has 134 valence electrons. The van der Waals surface area contributed by atoms with Crippen LogP contribution in [0.15, 0.2) is 58.4 Å². The highest BCUT2D eigenvalue weighted by molar-refractivity contribution is 7.95. The van der Waals surface area contributed by atoms with Crippen molar-refractivity contribution < 1.29 is 8.42 Å². The molecule has 0 aliphatic carbocycles. The van der Waals surface area contributed by atoms with Gasteiger partial charge in [0.15, 0.2) is 0 Å². The molecule has 0 bridgehead atoms. The van der Waals surface area contributed by atoms with Crippen molar-refractivity contribution in [2.24, 2.45) is 0 Å². The number of aromatic nitrogens is 2. The van der Waals surface area contributed by atoms with Crippen LogP contribution in [0.2, 0.25) is 0 Å². The van der Waals surface area contributed by atoms with Crippen molar-refractivity contribution in [3.8, 4) is 0 Å². The monoisotopic (exact) mass is 393 g/mol. The molecule has 4 aromatic rings. The fourth-order valence-electron chi connectivity index (χ4n) is 3.45. The molecule has 5 rings (SSSR count). The molecule has 0 saturated carbocycles. The van der Waals surface area contributed by atoms with Gasteiger partial charge in [-0.25, -0.2) is 13.4 Å². The van der Waals surface area contributed by atoms with Crippen LogP contribution in [0.3, 0.4) is 0 Å². The van der Waals surface area contributed by atoms with Gasteiger partial charge in [-0.05, 0) is 54.0 Å². The molecule has 5 nitrogen and oxygen atoms in total. The maximum absolute atomic E-state index is 12.5. The van der Waals surface area contributed by atoms with Crippen LogP contribution in [-0.2, 0) is 9.84 Å². The number of allylic oxidation sites excluding steroid dienone is 1. The normalized spacial score (nSPS) is 15.1. The molecule has 0 amide bonds. The molecule has 0 spiro atoms. The van der Waals surface area contributed by atoms with Gasteiger partial charge in [0.2, 0.25) is 9.84 Å². The highest BCUT2D eigenvalue weighted by atomic mass is 32.2. The zero-order chi connectivity index (χ0) is 18.6. The minimum absolute atomic E-state index is 0.359. The third-order valence-corrected chi connectivity index (χ3v) is 7.14. The fraction of sp³-hybridized carbons (Fsp3) is 0.100. The van der Waals surface area contributed by atoms with E-state index in [1.807, 2.05) is 42.8 Å². The van der Waals surface area contributed by atoms with Gasteiger partial charge >= 0.3 is 0 Å². The number of benzene rings is 2. The van der Waals surface area contributed by atoms with E-state index in [-0.39, 0.29) is 0 Å². The highest BCUT2D eigenvalue weighted by Gasteiger charge is 2.27. The topological polar surface area (TPSA) is 72.0 Å². The SMILES string of the molecule is CCC1=CS(=O)(=O)c2cc3c(Nc4ccc5scnc5c4)ccnc3cc21. The predicted octanol–water partition coefficient (Wildman–Crippen LogP) is 5.13. The Balaban J connectivity index is 1.66. The number of anilines is 2. The number of hydrogen-bond acceptors (Lipinski definition) is 6. The number of fused-ring (bicyclic) bond motifs is 3. The summed E-state index contributed by atoms with van der Waals surface area (Å²) in [6.45, 7) is 1.96. The number of hydrogen-bond donors (Lipinski definition) is 1. The van der Waals surface area contributed by atoms with Crippen LogP contribution in [0.1, 0.15) is 18.9 Å². The summed E-state index contributed by atoms with van der Waals surface area (Å²) < 4.78 is 26.2. The Kier molecular flexibility index (Phi) is 3.57. The van der Waals surface area contributed by atoms with Crippen molar-refractivity contribution in [2.75, 3.05) is 5.32 Å². The number of thiazole rings is 1. The van der Waals surface area contributed by atoms with E-state index >= 15 is 0 Å². The second kappa shape index (κ2) is 5.87. The van der Waals surface area contributed by atoms with Crippen molar-refractivity contribution in [3.05, 3.63) is 59.1 Å². The first-order chi connectivity index (χ1) is 13.0. The van der Waals surface area contributed by atoms with Gasteiger partial charge in [0.05, 0.1) is 26.1 Å². The first-order valence-corrected chi connectivity index (χ1v) is 11.0. The second-order valence-electron chi connectivity index (χ2n) is 6.43. The lowest BCUT2D eigenvalue weighted by molar-refractivity contribution is 0.605. The van der Waals surface area contributed by atoms with E-state index in [9.17, 15) is 8.42 Å². The number of nitrogens with zero attached hydrogens (tertiary/aromatic N) is 2. The van der Waals surface area contributed by atoms with Crippen LogP contribution in [0.5, 0.6) is 0 Å².